The monoisotopic (exact) mass is 450 g/mol. The Morgan fingerprint density at radius 1 is 0.867 bits per heavy atom. The lowest BCUT2D eigenvalue weighted by molar-refractivity contribution is -0.0252. The number of rotatable bonds is 15. The topological polar surface area (TPSA) is 54.0 Å². The highest BCUT2D eigenvalue weighted by Crippen LogP contribution is 2.51. The number of hydrogen-bond donors (Lipinski definition) is 0. The molecule has 1 rings (SSSR count). The minimum Gasteiger partial charge on any atom is -0.373 e. The molecule has 0 amide bonds. The molecule has 1 fully saturated rings. The van der Waals surface area contributed by atoms with Crippen molar-refractivity contribution in [2.24, 2.45) is 5.92 Å². The Labute approximate surface area is 187 Å². The summed E-state index contributed by atoms with van der Waals surface area (Å²) in [6, 6.07) is 0. The van der Waals surface area contributed by atoms with E-state index in [-0.39, 0.29) is 18.3 Å². The van der Waals surface area contributed by atoms with Crippen LogP contribution in [0.15, 0.2) is 0 Å². The lowest BCUT2D eigenvalue weighted by Gasteiger charge is -2.30. The average molecular weight is 451 g/mol. The van der Waals surface area contributed by atoms with Gasteiger partial charge in [0.1, 0.15) is 0 Å². The van der Waals surface area contributed by atoms with Crippen molar-refractivity contribution in [3.05, 3.63) is 0 Å². The Balaban J connectivity index is 0.00000407. The van der Waals surface area contributed by atoms with Gasteiger partial charge in [-0.25, -0.2) is 4.57 Å². The first kappa shape index (κ1) is 30.1. The van der Waals surface area contributed by atoms with E-state index < -0.39 is 7.82 Å². The van der Waals surface area contributed by atoms with Crippen molar-refractivity contribution in [1.82, 2.24) is 0 Å². The summed E-state index contributed by atoms with van der Waals surface area (Å²) in [5, 5.41) is 0. The molecule has 0 spiro atoms. The molecule has 1 atom stereocenters. The zero-order valence-corrected chi connectivity index (χ0v) is 21.9. The normalized spacial score (nSPS) is 21.6. The van der Waals surface area contributed by atoms with Gasteiger partial charge in [-0.3, -0.25) is 13.6 Å². The van der Waals surface area contributed by atoms with Crippen LogP contribution in [0.1, 0.15) is 119 Å². The van der Waals surface area contributed by atoms with E-state index in [4.69, 9.17) is 18.3 Å². The standard InChI is InChI=1S/C22H45O5P.C2H6/c1-6-7-8-9-10-11-12-13-20-14-16-21(17-15-20)27-28(23,24-5)26-19-18-25-22(2,3)4;1-2/h20-21H,6-19H2,1-5H3;1-2H3. The summed E-state index contributed by atoms with van der Waals surface area (Å²) < 4.78 is 34.5. The molecule has 1 unspecified atom stereocenters. The average Bonchev–Trinajstić information content (AvgIpc) is 2.73. The third kappa shape index (κ3) is 15.8. The van der Waals surface area contributed by atoms with Gasteiger partial charge >= 0.3 is 7.82 Å². The molecule has 0 bridgehead atoms. The highest BCUT2D eigenvalue weighted by molar-refractivity contribution is 7.48. The Morgan fingerprint density at radius 2 is 1.43 bits per heavy atom. The fourth-order valence-electron chi connectivity index (χ4n) is 3.72. The van der Waals surface area contributed by atoms with Crippen LogP contribution >= 0.6 is 7.82 Å². The molecule has 6 heteroatoms. The van der Waals surface area contributed by atoms with E-state index in [0.29, 0.717) is 6.61 Å². The Bertz CT molecular complexity index is 428. The molecule has 0 aromatic carbocycles. The van der Waals surface area contributed by atoms with E-state index in [9.17, 15) is 4.57 Å². The van der Waals surface area contributed by atoms with E-state index in [2.05, 4.69) is 6.92 Å². The second-order valence-electron chi connectivity index (χ2n) is 9.08. The van der Waals surface area contributed by atoms with Gasteiger partial charge < -0.3 is 4.74 Å². The van der Waals surface area contributed by atoms with Gasteiger partial charge in [0.15, 0.2) is 0 Å². The molecule has 1 aliphatic carbocycles. The van der Waals surface area contributed by atoms with E-state index in [1.54, 1.807) is 0 Å². The molecular formula is C24H51O5P. The predicted octanol–water partition coefficient (Wildman–Crippen LogP) is 8.31. The molecule has 30 heavy (non-hydrogen) atoms. The molecular weight excluding hydrogens is 399 g/mol. The van der Waals surface area contributed by atoms with E-state index in [0.717, 1.165) is 31.6 Å². The molecule has 1 aliphatic rings. The second-order valence-corrected chi connectivity index (χ2v) is 10.8. The van der Waals surface area contributed by atoms with Gasteiger partial charge in [-0.2, -0.15) is 0 Å². The first-order valence-corrected chi connectivity index (χ1v) is 13.9. The smallest absolute Gasteiger partial charge is 0.373 e. The summed E-state index contributed by atoms with van der Waals surface area (Å²) in [5.41, 5.74) is -0.241. The summed E-state index contributed by atoms with van der Waals surface area (Å²) in [7, 11) is -2.10. The van der Waals surface area contributed by atoms with Crippen molar-refractivity contribution in [2.45, 2.75) is 130 Å². The molecule has 1 saturated carbocycles. The van der Waals surface area contributed by atoms with Crippen LogP contribution in [0.3, 0.4) is 0 Å². The van der Waals surface area contributed by atoms with Crippen LogP contribution in [0.4, 0.5) is 0 Å². The van der Waals surface area contributed by atoms with Crippen LogP contribution in [-0.2, 0) is 22.9 Å². The fraction of sp³-hybridized carbons (Fsp3) is 1.00. The maximum absolute atomic E-state index is 12.7. The number of phosphoric acid groups is 1. The van der Waals surface area contributed by atoms with Gasteiger partial charge in [0.25, 0.3) is 0 Å². The summed E-state index contributed by atoms with van der Waals surface area (Å²) in [6.07, 6.45) is 15.0. The largest absolute Gasteiger partial charge is 0.474 e. The zero-order valence-electron chi connectivity index (χ0n) is 21.0. The quantitative estimate of drug-likeness (QED) is 0.185. The molecule has 0 aromatic heterocycles. The van der Waals surface area contributed by atoms with Crippen LogP contribution in [0.2, 0.25) is 0 Å². The second kappa shape index (κ2) is 17.6. The minimum atomic E-state index is -3.49. The van der Waals surface area contributed by atoms with Crippen molar-refractivity contribution < 1.29 is 22.9 Å². The summed E-state index contributed by atoms with van der Waals surface area (Å²) in [5.74, 6) is 0.790. The SMILES string of the molecule is CC.CCCCCCCCCC1CCC(OP(=O)(OC)OCCOC(C)(C)C)CC1. The minimum absolute atomic E-state index is 0.0281. The van der Waals surface area contributed by atoms with E-state index in [1.165, 1.54) is 58.5 Å². The lowest BCUT2D eigenvalue weighted by Crippen LogP contribution is -2.23. The van der Waals surface area contributed by atoms with Gasteiger partial charge in [-0.05, 0) is 52.4 Å². The molecule has 0 radical (unpaired) electrons. The molecule has 5 nitrogen and oxygen atoms in total. The number of phosphoric ester groups is 1. The van der Waals surface area contributed by atoms with Crippen molar-refractivity contribution in [1.29, 1.82) is 0 Å². The highest BCUT2D eigenvalue weighted by atomic mass is 31.2. The van der Waals surface area contributed by atoms with Gasteiger partial charge in [-0.15, -0.1) is 0 Å². The zero-order chi connectivity index (χ0) is 22.9. The molecule has 0 N–H and O–H groups in total. The van der Waals surface area contributed by atoms with Gasteiger partial charge in [0.2, 0.25) is 0 Å². The number of unbranched alkanes of at least 4 members (excludes halogenated alkanes) is 6. The molecule has 0 aromatic rings. The van der Waals surface area contributed by atoms with Crippen molar-refractivity contribution >= 4 is 7.82 Å². The van der Waals surface area contributed by atoms with Crippen molar-refractivity contribution in [3.63, 3.8) is 0 Å². The van der Waals surface area contributed by atoms with Crippen molar-refractivity contribution in [2.75, 3.05) is 20.3 Å². The van der Waals surface area contributed by atoms with Crippen LogP contribution in [0.25, 0.3) is 0 Å². The van der Waals surface area contributed by atoms with Gasteiger partial charge in [-0.1, -0.05) is 72.1 Å². The van der Waals surface area contributed by atoms with Gasteiger partial charge in [0.05, 0.1) is 24.9 Å². The van der Waals surface area contributed by atoms with E-state index >= 15 is 0 Å². The Hall–Kier alpha value is 0.0700. The maximum atomic E-state index is 12.7. The summed E-state index contributed by atoms with van der Waals surface area (Å²) in [6.45, 7) is 12.8. The molecule has 0 aliphatic heterocycles. The predicted molar refractivity (Wildman–Crippen MR) is 127 cm³/mol. The Kier molecular flexibility index (Phi) is 17.6. The van der Waals surface area contributed by atoms with E-state index in [1.807, 2.05) is 34.6 Å². The van der Waals surface area contributed by atoms with Crippen LogP contribution in [-0.4, -0.2) is 32.0 Å². The van der Waals surface area contributed by atoms with Crippen molar-refractivity contribution in [3.8, 4) is 0 Å². The fourth-order valence-corrected chi connectivity index (χ4v) is 4.85. The highest BCUT2D eigenvalue weighted by Gasteiger charge is 2.32. The van der Waals surface area contributed by atoms with Gasteiger partial charge in [0, 0.05) is 7.11 Å². The number of ether oxygens (including phenoxy) is 1. The molecule has 0 saturated heterocycles. The van der Waals surface area contributed by atoms with Crippen LogP contribution in [0, 0.1) is 5.92 Å². The first-order valence-electron chi connectivity index (χ1n) is 12.4. The van der Waals surface area contributed by atoms with Crippen LogP contribution in [0.5, 0.6) is 0 Å². The first-order chi connectivity index (χ1) is 14.3. The summed E-state index contributed by atoms with van der Waals surface area (Å²) >= 11 is 0. The van der Waals surface area contributed by atoms with Crippen LogP contribution < -0.4 is 0 Å². The Morgan fingerprint density at radius 3 is 1.97 bits per heavy atom. The third-order valence-corrected chi connectivity index (χ3v) is 6.88. The molecule has 0 heterocycles. The number of hydrogen-bond acceptors (Lipinski definition) is 5. The lowest BCUT2D eigenvalue weighted by atomic mass is 9.84. The third-order valence-electron chi connectivity index (χ3n) is 5.38. The maximum Gasteiger partial charge on any atom is 0.474 e. The molecule has 182 valence electrons. The summed E-state index contributed by atoms with van der Waals surface area (Å²) in [4.78, 5) is 0.